The average molecular weight is 498 g/mol. The number of aromatic nitrogens is 5. The van der Waals surface area contributed by atoms with Crippen molar-refractivity contribution < 1.29 is 18.3 Å². The van der Waals surface area contributed by atoms with Gasteiger partial charge in [-0.2, -0.15) is 18.3 Å². The van der Waals surface area contributed by atoms with Crippen molar-refractivity contribution in [3.63, 3.8) is 0 Å². The third-order valence-corrected chi connectivity index (χ3v) is 6.03. The lowest BCUT2D eigenvalue weighted by atomic mass is 9.86. The molecule has 4 aromatic rings. The van der Waals surface area contributed by atoms with Gasteiger partial charge in [0.15, 0.2) is 0 Å². The number of rotatable bonds is 5. The van der Waals surface area contributed by atoms with Crippen LogP contribution in [0.15, 0.2) is 60.2 Å². The minimum Gasteiger partial charge on any atom is -0.381 e. The van der Waals surface area contributed by atoms with Gasteiger partial charge in [0.1, 0.15) is 18.3 Å². The van der Waals surface area contributed by atoms with Crippen LogP contribution in [-0.4, -0.2) is 29.4 Å². The van der Waals surface area contributed by atoms with E-state index in [1.165, 1.54) is 29.5 Å². The van der Waals surface area contributed by atoms with E-state index in [2.05, 4.69) is 15.1 Å². The van der Waals surface area contributed by atoms with Crippen molar-refractivity contribution in [3.8, 4) is 0 Å². The molecule has 0 aliphatic carbocycles. The van der Waals surface area contributed by atoms with E-state index in [1.54, 1.807) is 13.0 Å². The highest BCUT2D eigenvalue weighted by atomic mass is 35.5. The number of fused-ring (bicyclic) bond motifs is 1. The third-order valence-electron chi connectivity index (χ3n) is 5.49. The van der Waals surface area contributed by atoms with Gasteiger partial charge in [-0.25, -0.2) is 14.6 Å². The lowest BCUT2D eigenvalue weighted by molar-refractivity contribution is -0.137. The van der Waals surface area contributed by atoms with Gasteiger partial charge >= 0.3 is 6.18 Å². The van der Waals surface area contributed by atoms with Gasteiger partial charge in [0.2, 0.25) is 0 Å². The molecule has 0 aliphatic heterocycles. The highest BCUT2D eigenvalue weighted by Crippen LogP contribution is 2.39. The Morgan fingerprint density at radius 1 is 1.12 bits per heavy atom. The molecule has 0 bridgehead atoms. The molecule has 0 amide bonds. The van der Waals surface area contributed by atoms with Gasteiger partial charge < -0.3 is 5.11 Å². The average Bonchev–Trinajstić information content (AvgIpc) is 3.25. The van der Waals surface area contributed by atoms with Crippen molar-refractivity contribution >= 4 is 34.1 Å². The predicted octanol–water partition coefficient (Wildman–Crippen LogP) is 4.46. The molecule has 0 radical (unpaired) electrons. The van der Waals surface area contributed by atoms with Gasteiger partial charge in [-0.3, -0.25) is 9.36 Å². The number of hydrogen-bond donors (Lipinski definition) is 1. The highest BCUT2D eigenvalue weighted by Gasteiger charge is 2.40. The zero-order valence-electron chi connectivity index (χ0n) is 17.0. The lowest BCUT2D eigenvalue weighted by Gasteiger charge is -2.36. The maximum atomic E-state index is 13.2. The van der Waals surface area contributed by atoms with E-state index in [4.69, 9.17) is 23.2 Å². The largest absolute Gasteiger partial charge is 0.416 e. The van der Waals surface area contributed by atoms with Crippen LogP contribution in [0.4, 0.5) is 13.2 Å². The number of nitrogens with zero attached hydrogens (tertiary/aromatic N) is 5. The maximum absolute atomic E-state index is 13.2. The SMILES string of the molecule is C[C@@H](n1cnc2cc(C(F)(F)F)ccc2c1=O)[C@](O)(Cn1cncn1)c1ccc(Cl)cc1Cl. The molecule has 2 atom stereocenters. The first kappa shape index (κ1) is 23.2. The van der Waals surface area contributed by atoms with Crippen molar-refractivity contribution in [3.05, 3.63) is 86.9 Å². The van der Waals surface area contributed by atoms with Crippen LogP contribution in [0.1, 0.15) is 24.1 Å². The van der Waals surface area contributed by atoms with E-state index < -0.39 is 28.9 Å². The summed E-state index contributed by atoms with van der Waals surface area (Å²) in [5.74, 6) is 0. The molecule has 4 rings (SSSR count). The van der Waals surface area contributed by atoms with Crippen molar-refractivity contribution in [1.29, 1.82) is 0 Å². The molecule has 0 unspecified atom stereocenters. The Labute approximate surface area is 195 Å². The van der Waals surface area contributed by atoms with Crippen LogP contribution < -0.4 is 5.56 Å². The molecule has 0 spiro atoms. The Balaban J connectivity index is 1.86. The Kier molecular flexibility index (Phi) is 5.94. The van der Waals surface area contributed by atoms with Gasteiger partial charge in [-0.1, -0.05) is 29.3 Å². The van der Waals surface area contributed by atoms with Crippen molar-refractivity contribution in [2.24, 2.45) is 0 Å². The second-order valence-corrected chi connectivity index (χ2v) is 8.35. The molecule has 12 heteroatoms. The first-order chi connectivity index (χ1) is 15.5. The fourth-order valence-electron chi connectivity index (χ4n) is 3.66. The Hall–Kier alpha value is -2.95. The second-order valence-electron chi connectivity index (χ2n) is 7.50. The number of halogens is 5. The summed E-state index contributed by atoms with van der Waals surface area (Å²) >= 11 is 12.4. The molecular weight excluding hydrogens is 482 g/mol. The number of alkyl halides is 3. The summed E-state index contributed by atoms with van der Waals surface area (Å²) in [5, 5.41) is 16.4. The third kappa shape index (κ3) is 4.33. The lowest BCUT2D eigenvalue weighted by Crippen LogP contribution is -2.43. The van der Waals surface area contributed by atoms with Gasteiger partial charge in [-0.05, 0) is 37.3 Å². The first-order valence-electron chi connectivity index (χ1n) is 9.59. The summed E-state index contributed by atoms with van der Waals surface area (Å²) in [5.41, 5.74) is -3.16. The number of aliphatic hydroxyl groups is 1. The zero-order chi connectivity index (χ0) is 24.0. The van der Waals surface area contributed by atoms with Crippen molar-refractivity contribution in [1.82, 2.24) is 24.3 Å². The molecule has 2 heterocycles. The van der Waals surface area contributed by atoms with E-state index in [1.807, 2.05) is 0 Å². The monoisotopic (exact) mass is 497 g/mol. The van der Waals surface area contributed by atoms with E-state index >= 15 is 0 Å². The molecule has 0 aliphatic rings. The molecule has 33 heavy (non-hydrogen) atoms. The first-order valence-corrected chi connectivity index (χ1v) is 10.3. The van der Waals surface area contributed by atoms with Crippen LogP contribution in [0.5, 0.6) is 0 Å². The smallest absolute Gasteiger partial charge is 0.381 e. The maximum Gasteiger partial charge on any atom is 0.416 e. The van der Waals surface area contributed by atoms with Gasteiger partial charge in [0, 0.05) is 15.6 Å². The standard InChI is InChI=1S/C21H16Cl2F3N5O2/c1-12(31-11-28-18-6-13(21(24,25)26)2-4-15(18)19(31)32)20(33,8-30-10-27-9-29-30)16-5-3-14(22)7-17(16)23/h2-7,9-12,33H,8H2,1H3/t12-,20-/m1/s1. The van der Waals surface area contributed by atoms with Gasteiger partial charge in [0.25, 0.3) is 5.56 Å². The summed E-state index contributed by atoms with van der Waals surface area (Å²) in [6, 6.07) is 6.27. The second kappa shape index (κ2) is 8.44. The summed E-state index contributed by atoms with van der Waals surface area (Å²) < 4.78 is 41.6. The van der Waals surface area contributed by atoms with Crippen LogP contribution in [0, 0.1) is 0 Å². The Morgan fingerprint density at radius 3 is 2.52 bits per heavy atom. The van der Waals surface area contributed by atoms with Crippen LogP contribution in [-0.2, 0) is 18.3 Å². The van der Waals surface area contributed by atoms with Crippen LogP contribution in [0.3, 0.4) is 0 Å². The minimum absolute atomic E-state index is 0.0253. The fraction of sp³-hybridized carbons (Fsp3) is 0.238. The Bertz CT molecular complexity index is 1370. The minimum atomic E-state index is -4.57. The number of hydrogen-bond acceptors (Lipinski definition) is 5. The van der Waals surface area contributed by atoms with Crippen LogP contribution in [0.25, 0.3) is 10.9 Å². The molecule has 7 nitrogen and oxygen atoms in total. The fourth-order valence-corrected chi connectivity index (χ4v) is 4.23. The Morgan fingerprint density at radius 2 is 1.88 bits per heavy atom. The molecule has 0 saturated carbocycles. The summed E-state index contributed by atoms with van der Waals surface area (Å²) in [7, 11) is 0. The molecule has 172 valence electrons. The zero-order valence-corrected chi connectivity index (χ0v) is 18.5. The molecule has 0 saturated heterocycles. The summed E-state index contributed by atoms with van der Waals surface area (Å²) in [4.78, 5) is 21.1. The van der Waals surface area contributed by atoms with E-state index in [-0.39, 0.29) is 28.0 Å². The molecule has 1 N–H and O–H groups in total. The number of benzene rings is 2. The molecule has 2 aromatic carbocycles. The topological polar surface area (TPSA) is 85.8 Å². The molecular formula is C21H16Cl2F3N5O2. The molecule has 0 fully saturated rings. The molecule has 2 aromatic heterocycles. The summed E-state index contributed by atoms with van der Waals surface area (Å²) in [6.07, 6.45) is -0.787. The van der Waals surface area contributed by atoms with Gasteiger partial charge in [-0.15, -0.1) is 0 Å². The quantitative estimate of drug-likeness (QED) is 0.439. The normalized spacial score (nSPS) is 14.9. The van der Waals surface area contributed by atoms with E-state index in [9.17, 15) is 23.1 Å². The predicted molar refractivity (Wildman–Crippen MR) is 116 cm³/mol. The van der Waals surface area contributed by atoms with Gasteiger partial charge in [0.05, 0.1) is 35.4 Å². The van der Waals surface area contributed by atoms with Crippen LogP contribution >= 0.6 is 23.2 Å². The van der Waals surface area contributed by atoms with E-state index in [0.29, 0.717) is 5.02 Å². The summed E-state index contributed by atoms with van der Waals surface area (Å²) in [6.45, 7) is 1.44. The highest BCUT2D eigenvalue weighted by molar-refractivity contribution is 6.35. The van der Waals surface area contributed by atoms with Crippen molar-refractivity contribution in [2.75, 3.05) is 0 Å². The van der Waals surface area contributed by atoms with Crippen LogP contribution in [0.2, 0.25) is 10.0 Å². The van der Waals surface area contributed by atoms with E-state index in [0.717, 1.165) is 29.1 Å². The van der Waals surface area contributed by atoms with Crippen molar-refractivity contribution in [2.45, 2.75) is 31.3 Å².